The number of benzene rings is 1. The molecule has 0 radical (unpaired) electrons. The molecule has 0 fully saturated rings. The maximum Gasteiger partial charge on any atom is 0.123 e. The Hall–Kier alpha value is -0.670. The molecule has 1 aromatic rings. The molecule has 2 nitrogen and oxygen atoms in total. The minimum absolute atomic E-state index is 0.229. The van der Waals surface area contributed by atoms with E-state index in [0.717, 1.165) is 31.1 Å². The van der Waals surface area contributed by atoms with Crippen molar-refractivity contribution in [2.24, 2.45) is 0 Å². The first-order valence-electron chi connectivity index (χ1n) is 7.22. The topological polar surface area (TPSA) is 21.3 Å². The number of hydrogen-bond acceptors (Lipinski definition) is 3. The Morgan fingerprint density at radius 1 is 1.37 bits per heavy atom. The minimum Gasteiger partial charge on any atom is -0.494 e. The lowest BCUT2D eigenvalue weighted by Gasteiger charge is -2.40. The summed E-state index contributed by atoms with van der Waals surface area (Å²) in [6, 6.07) is 6.88. The summed E-state index contributed by atoms with van der Waals surface area (Å²) in [4.78, 5) is 0. The molecule has 1 heterocycles. The Bertz CT molecular complexity index is 431. The van der Waals surface area contributed by atoms with Gasteiger partial charge in [-0.3, -0.25) is 0 Å². The first kappa shape index (κ1) is 14.7. The summed E-state index contributed by atoms with van der Waals surface area (Å²) in [5.41, 5.74) is 2.80. The number of rotatable bonds is 5. The van der Waals surface area contributed by atoms with E-state index >= 15 is 0 Å². The second-order valence-corrected chi connectivity index (χ2v) is 7.17. The summed E-state index contributed by atoms with van der Waals surface area (Å²) in [6.45, 7) is 10.7. The zero-order valence-corrected chi connectivity index (χ0v) is 13.3. The first-order valence-corrected chi connectivity index (χ1v) is 8.20. The van der Waals surface area contributed by atoms with Crippen LogP contribution in [0.4, 0.5) is 0 Å². The Morgan fingerprint density at radius 2 is 2.16 bits per heavy atom. The Balaban J connectivity index is 2.36. The molecule has 0 spiro atoms. The van der Waals surface area contributed by atoms with Crippen LogP contribution >= 0.6 is 11.8 Å². The average molecular weight is 279 g/mol. The SMILES string of the molecule is CCCNC1c2cccc(OCC)c2CSC1(C)C. The summed E-state index contributed by atoms with van der Waals surface area (Å²) >= 11 is 2.02. The van der Waals surface area contributed by atoms with Crippen LogP contribution in [0.1, 0.15) is 51.3 Å². The van der Waals surface area contributed by atoms with Crippen LogP contribution in [0.3, 0.4) is 0 Å². The largest absolute Gasteiger partial charge is 0.494 e. The van der Waals surface area contributed by atoms with E-state index in [0.29, 0.717) is 6.04 Å². The highest BCUT2D eigenvalue weighted by Crippen LogP contribution is 2.47. The maximum absolute atomic E-state index is 5.78. The summed E-state index contributed by atoms with van der Waals surface area (Å²) in [5.74, 6) is 2.11. The van der Waals surface area contributed by atoms with Gasteiger partial charge in [-0.25, -0.2) is 0 Å². The summed E-state index contributed by atoms with van der Waals surface area (Å²) in [5, 5.41) is 3.71. The third kappa shape index (κ3) is 3.09. The molecule has 0 bridgehead atoms. The van der Waals surface area contributed by atoms with Crippen molar-refractivity contribution in [3.8, 4) is 5.75 Å². The van der Waals surface area contributed by atoms with Gasteiger partial charge < -0.3 is 10.1 Å². The van der Waals surface area contributed by atoms with Crippen LogP contribution in [0.25, 0.3) is 0 Å². The van der Waals surface area contributed by atoms with E-state index in [9.17, 15) is 0 Å². The van der Waals surface area contributed by atoms with E-state index < -0.39 is 0 Å². The predicted octanol–water partition coefficient (Wildman–Crippen LogP) is 4.15. The molecule has 1 aliphatic rings. The number of hydrogen-bond donors (Lipinski definition) is 1. The van der Waals surface area contributed by atoms with E-state index in [1.54, 1.807) is 0 Å². The van der Waals surface area contributed by atoms with Gasteiger partial charge in [0.1, 0.15) is 5.75 Å². The maximum atomic E-state index is 5.78. The van der Waals surface area contributed by atoms with Gasteiger partial charge in [-0.1, -0.05) is 19.1 Å². The van der Waals surface area contributed by atoms with Gasteiger partial charge >= 0.3 is 0 Å². The van der Waals surface area contributed by atoms with Crippen LogP contribution in [-0.2, 0) is 5.75 Å². The molecular weight excluding hydrogens is 254 g/mol. The zero-order chi connectivity index (χ0) is 13.9. The van der Waals surface area contributed by atoms with Gasteiger partial charge in [-0.2, -0.15) is 0 Å². The Morgan fingerprint density at radius 3 is 2.84 bits per heavy atom. The normalized spacial score (nSPS) is 20.9. The summed E-state index contributed by atoms with van der Waals surface area (Å²) in [7, 11) is 0. The van der Waals surface area contributed by atoms with Crippen LogP contribution in [0, 0.1) is 0 Å². The molecule has 1 N–H and O–H groups in total. The van der Waals surface area contributed by atoms with Crippen molar-refractivity contribution in [3.05, 3.63) is 29.3 Å². The lowest BCUT2D eigenvalue weighted by atomic mass is 9.90. The lowest BCUT2D eigenvalue weighted by Crippen LogP contribution is -2.40. The van der Waals surface area contributed by atoms with Crippen molar-refractivity contribution in [3.63, 3.8) is 0 Å². The van der Waals surface area contributed by atoms with Gasteiger partial charge in [-0.15, -0.1) is 11.8 Å². The van der Waals surface area contributed by atoms with Crippen LogP contribution in [0.15, 0.2) is 18.2 Å². The van der Waals surface area contributed by atoms with Crippen molar-refractivity contribution in [1.29, 1.82) is 0 Å². The monoisotopic (exact) mass is 279 g/mol. The second-order valence-electron chi connectivity index (χ2n) is 5.54. The fraction of sp³-hybridized carbons (Fsp3) is 0.625. The first-order chi connectivity index (χ1) is 9.10. The highest BCUT2D eigenvalue weighted by atomic mass is 32.2. The third-order valence-electron chi connectivity index (χ3n) is 3.66. The summed E-state index contributed by atoms with van der Waals surface area (Å²) in [6.07, 6.45) is 1.16. The quantitative estimate of drug-likeness (QED) is 0.875. The highest BCUT2D eigenvalue weighted by Gasteiger charge is 2.37. The van der Waals surface area contributed by atoms with Gasteiger partial charge in [0, 0.05) is 22.1 Å². The highest BCUT2D eigenvalue weighted by molar-refractivity contribution is 8.00. The molecule has 3 heteroatoms. The van der Waals surface area contributed by atoms with Crippen LogP contribution < -0.4 is 10.1 Å². The molecule has 106 valence electrons. The van der Waals surface area contributed by atoms with Gasteiger partial charge in [-0.05, 0) is 45.4 Å². The van der Waals surface area contributed by atoms with Crippen molar-refractivity contribution >= 4 is 11.8 Å². The molecule has 19 heavy (non-hydrogen) atoms. The van der Waals surface area contributed by atoms with E-state index in [2.05, 4.69) is 44.3 Å². The average Bonchev–Trinajstić information content (AvgIpc) is 2.37. The molecule has 2 rings (SSSR count). The molecule has 1 atom stereocenters. The minimum atomic E-state index is 0.229. The molecule has 0 amide bonds. The zero-order valence-electron chi connectivity index (χ0n) is 12.5. The predicted molar refractivity (Wildman–Crippen MR) is 84.0 cm³/mol. The van der Waals surface area contributed by atoms with Crippen molar-refractivity contribution < 1.29 is 4.74 Å². The van der Waals surface area contributed by atoms with Gasteiger partial charge in [0.05, 0.1) is 6.61 Å². The Kier molecular flexibility index (Phi) is 4.80. The van der Waals surface area contributed by atoms with Crippen LogP contribution in [0.5, 0.6) is 5.75 Å². The molecule has 1 aliphatic heterocycles. The van der Waals surface area contributed by atoms with Gasteiger partial charge in [0.15, 0.2) is 0 Å². The second kappa shape index (κ2) is 6.19. The molecule has 1 unspecified atom stereocenters. The molecule has 0 aromatic heterocycles. The molecular formula is C16H25NOS. The van der Waals surface area contributed by atoms with Gasteiger partial charge in [0.25, 0.3) is 0 Å². The Labute approximate surface area is 121 Å². The fourth-order valence-electron chi connectivity index (χ4n) is 2.66. The number of thioether (sulfide) groups is 1. The fourth-order valence-corrected chi connectivity index (χ4v) is 3.86. The van der Waals surface area contributed by atoms with E-state index in [-0.39, 0.29) is 4.75 Å². The van der Waals surface area contributed by atoms with Crippen molar-refractivity contribution in [1.82, 2.24) is 5.32 Å². The van der Waals surface area contributed by atoms with Crippen LogP contribution in [0.2, 0.25) is 0 Å². The van der Waals surface area contributed by atoms with Crippen molar-refractivity contribution in [2.75, 3.05) is 13.2 Å². The number of nitrogens with one attached hydrogen (secondary N) is 1. The molecule has 1 aromatic carbocycles. The number of fused-ring (bicyclic) bond motifs is 1. The molecule has 0 saturated carbocycles. The van der Waals surface area contributed by atoms with Crippen molar-refractivity contribution in [2.45, 2.75) is 50.7 Å². The molecule has 0 aliphatic carbocycles. The van der Waals surface area contributed by atoms with Gasteiger partial charge in [0.2, 0.25) is 0 Å². The lowest BCUT2D eigenvalue weighted by molar-refractivity contribution is 0.334. The van der Waals surface area contributed by atoms with E-state index in [1.807, 2.05) is 18.7 Å². The van der Waals surface area contributed by atoms with E-state index in [1.165, 1.54) is 11.1 Å². The molecule has 0 saturated heterocycles. The van der Waals surface area contributed by atoms with Crippen LogP contribution in [-0.4, -0.2) is 17.9 Å². The standard InChI is InChI=1S/C16H25NOS/c1-5-10-17-15-12-8-7-9-14(18-6-2)13(12)11-19-16(15,3)4/h7-9,15,17H,5-6,10-11H2,1-4H3. The smallest absolute Gasteiger partial charge is 0.123 e. The third-order valence-corrected chi connectivity index (χ3v) is 5.08. The number of ether oxygens (including phenoxy) is 1. The summed E-state index contributed by atoms with van der Waals surface area (Å²) < 4.78 is 6.01. The van der Waals surface area contributed by atoms with E-state index in [4.69, 9.17) is 4.74 Å².